The normalized spacial score (nSPS) is 13.6. The van der Waals surface area contributed by atoms with Crippen molar-refractivity contribution >= 4 is 28.0 Å². The molecule has 0 bridgehead atoms. The fourth-order valence-electron chi connectivity index (χ4n) is 0.175. The van der Waals surface area contributed by atoms with E-state index < -0.39 is 0 Å². The van der Waals surface area contributed by atoms with Gasteiger partial charge in [0.1, 0.15) is 0 Å². The Hall–Kier alpha value is 0.237. The zero-order valence-electron chi connectivity index (χ0n) is 4.14. The first kappa shape index (κ1) is 7.24. The number of carbonyl (C=O) groups excluding carboxylic acids is 1. The summed E-state index contributed by atoms with van der Waals surface area (Å²) in [6.07, 6.45) is 0.805. The van der Waals surface area contributed by atoms with Gasteiger partial charge in [0.2, 0.25) is 0 Å². The van der Waals surface area contributed by atoms with Crippen LogP contribution in [0.5, 0.6) is 0 Å². The Morgan fingerprint density at radius 1 is 2.00 bits per heavy atom. The van der Waals surface area contributed by atoms with Crippen molar-refractivity contribution in [2.75, 3.05) is 0 Å². The van der Waals surface area contributed by atoms with E-state index in [2.05, 4.69) is 22.9 Å². The second kappa shape index (κ2) is 3.27. The van der Waals surface area contributed by atoms with Gasteiger partial charge in [-0.25, -0.2) is 0 Å². The van der Waals surface area contributed by atoms with Gasteiger partial charge in [0.05, 0.1) is 0 Å². The van der Waals surface area contributed by atoms with Crippen LogP contribution in [-0.2, 0) is 4.79 Å². The lowest BCUT2D eigenvalue weighted by atomic mass is 10.4. The number of thiol groups is 1. The SMILES string of the molecule is CCC([Si])C(=O)S. The molecule has 0 heterocycles. The van der Waals surface area contributed by atoms with E-state index in [1.54, 1.807) is 0 Å². The summed E-state index contributed by atoms with van der Waals surface area (Å²) in [6.45, 7) is 1.92. The Morgan fingerprint density at radius 3 is 2.43 bits per heavy atom. The molecule has 1 atom stereocenters. The minimum absolute atomic E-state index is 0.0664. The van der Waals surface area contributed by atoms with Crippen LogP contribution in [0.4, 0.5) is 0 Å². The molecule has 0 amide bonds. The van der Waals surface area contributed by atoms with Gasteiger partial charge in [-0.3, -0.25) is 4.79 Å². The first-order chi connectivity index (χ1) is 3.18. The maximum absolute atomic E-state index is 10.2. The van der Waals surface area contributed by atoms with Gasteiger partial charge < -0.3 is 0 Å². The van der Waals surface area contributed by atoms with Crippen LogP contribution in [0.1, 0.15) is 13.3 Å². The van der Waals surface area contributed by atoms with Crippen molar-refractivity contribution in [3.63, 3.8) is 0 Å². The van der Waals surface area contributed by atoms with Gasteiger partial charge in [0, 0.05) is 15.8 Å². The molecular formula is C4H7OSSi. The lowest BCUT2D eigenvalue weighted by Gasteiger charge is -1.96. The lowest BCUT2D eigenvalue weighted by Crippen LogP contribution is -1.98. The number of hydrogen-bond donors (Lipinski definition) is 1. The Kier molecular flexibility index (Phi) is 3.38. The molecule has 3 radical (unpaired) electrons. The van der Waals surface area contributed by atoms with Crippen LogP contribution in [0.3, 0.4) is 0 Å². The highest BCUT2D eigenvalue weighted by molar-refractivity contribution is 7.96. The van der Waals surface area contributed by atoms with Gasteiger partial charge in [0.25, 0.3) is 0 Å². The standard InChI is InChI=1S/C4H7OSSi/c1-2-3(7)4(5)6/h3H,2H2,1H3,(H,5,6). The predicted octanol–water partition coefficient (Wildman–Crippen LogP) is 0.810. The van der Waals surface area contributed by atoms with Crippen molar-refractivity contribution in [2.45, 2.75) is 18.9 Å². The van der Waals surface area contributed by atoms with Crippen LogP contribution < -0.4 is 0 Å². The monoisotopic (exact) mass is 131 g/mol. The summed E-state index contributed by atoms with van der Waals surface area (Å²) in [4.78, 5) is 10.2. The quantitative estimate of drug-likeness (QED) is 0.433. The van der Waals surface area contributed by atoms with E-state index >= 15 is 0 Å². The van der Waals surface area contributed by atoms with Crippen LogP contribution in [0, 0.1) is 0 Å². The van der Waals surface area contributed by atoms with Crippen LogP contribution >= 0.6 is 12.6 Å². The van der Waals surface area contributed by atoms with Crippen molar-refractivity contribution in [1.29, 1.82) is 0 Å². The van der Waals surface area contributed by atoms with E-state index in [9.17, 15) is 4.79 Å². The van der Waals surface area contributed by atoms with Gasteiger partial charge in [-0.15, -0.1) is 12.6 Å². The molecule has 1 unspecified atom stereocenters. The number of rotatable bonds is 2. The van der Waals surface area contributed by atoms with Gasteiger partial charge in [-0.1, -0.05) is 6.92 Å². The van der Waals surface area contributed by atoms with E-state index in [-0.39, 0.29) is 10.7 Å². The summed E-state index contributed by atoms with van der Waals surface area (Å²) in [6, 6.07) is 0. The van der Waals surface area contributed by atoms with Crippen molar-refractivity contribution in [2.24, 2.45) is 0 Å². The molecule has 3 heteroatoms. The van der Waals surface area contributed by atoms with E-state index in [1.807, 2.05) is 6.92 Å². The smallest absolute Gasteiger partial charge is 0.185 e. The minimum atomic E-state index is -0.0980. The molecular weight excluding hydrogens is 124 g/mol. The Labute approximate surface area is 52.3 Å². The van der Waals surface area contributed by atoms with Crippen LogP contribution in [-0.4, -0.2) is 15.4 Å². The third-order valence-corrected chi connectivity index (χ3v) is 1.93. The average Bonchev–Trinajstić information content (AvgIpc) is 1.65. The van der Waals surface area contributed by atoms with Crippen molar-refractivity contribution in [1.82, 2.24) is 0 Å². The largest absolute Gasteiger partial charge is 0.288 e. The molecule has 7 heavy (non-hydrogen) atoms. The Bertz CT molecular complexity index is 74.1. The van der Waals surface area contributed by atoms with Crippen LogP contribution in [0.15, 0.2) is 0 Å². The van der Waals surface area contributed by atoms with Gasteiger partial charge in [-0.2, -0.15) is 0 Å². The molecule has 0 fully saturated rings. The maximum atomic E-state index is 10.2. The topological polar surface area (TPSA) is 17.1 Å². The molecule has 0 spiro atoms. The van der Waals surface area contributed by atoms with Crippen LogP contribution in [0.25, 0.3) is 0 Å². The van der Waals surface area contributed by atoms with Gasteiger partial charge in [0.15, 0.2) is 5.12 Å². The first-order valence-electron chi connectivity index (χ1n) is 2.12. The molecule has 0 N–H and O–H groups in total. The number of carbonyl (C=O) groups is 1. The van der Waals surface area contributed by atoms with Crippen molar-refractivity contribution in [3.8, 4) is 0 Å². The highest BCUT2D eigenvalue weighted by Crippen LogP contribution is 2.06. The fraction of sp³-hybridized carbons (Fsp3) is 0.750. The molecule has 0 aromatic carbocycles. The first-order valence-corrected chi connectivity index (χ1v) is 3.15. The molecule has 0 aliphatic carbocycles. The summed E-state index contributed by atoms with van der Waals surface area (Å²) in [5, 5.41) is -0.0980. The second-order valence-corrected chi connectivity index (χ2v) is 2.44. The average molecular weight is 131 g/mol. The van der Waals surface area contributed by atoms with Crippen molar-refractivity contribution in [3.05, 3.63) is 0 Å². The van der Waals surface area contributed by atoms with E-state index in [0.29, 0.717) is 0 Å². The van der Waals surface area contributed by atoms with Gasteiger partial charge >= 0.3 is 0 Å². The highest BCUT2D eigenvalue weighted by Gasteiger charge is 2.02. The maximum Gasteiger partial charge on any atom is 0.185 e. The van der Waals surface area contributed by atoms with Crippen molar-refractivity contribution < 1.29 is 4.79 Å². The molecule has 39 valence electrons. The van der Waals surface area contributed by atoms with E-state index in [0.717, 1.165) is 6.42 Å². The summed E-state index contributed by atoms with van der Waals surface area (Å²) in [7, 11) is 3.16. The van der Waals surface area contributed by atoms with E-state index in [1.165, 1.54) is 0 Å². The molecule has 0 saturated carbocycles. The zero-order valence-corrected chi connectivity index (χ0v) is 6.03. The third-order valence-electron chi connectivity index (χ3n) is 0.706. The molecule has 0 rings (SSSR count). The predicted molar refractivity (Wildman–Crippen MR) is 33.8 cm³/mol. The van der Waals surface area contributed by atoms with E-state index in [4.69, 9.17) is 0 Å². The fourth-order valence-corrected chi connectivity index (χ4v) is 0.357. The minimum Gasteiger partial charge on any atom is -0.288 e. The number of hydrogen-bond acceptors (Lipinski definition) is 1. The summed E-state index contributed by atoms with van der Waals surface area (Å²) < 4.78 is 0. The molecule has 0 aromatic rings. The van der Waals surface area contributed by atoms with Gasteiger partial charge in [-0.05, 0) is 6.42 Å². The molecule has 1 nitrogen and oxygen atoms in total. The zero-order chi connectivity index (χ0) is 5.86. The lowest BCUT2D eigenvalue weighted by molar-refractivity contribution is -0.110. The molecule has 0 aromatic heterocycles. The molecule has 0 aliphatic heterocycles. The summed E-state index contributed by atoms with van der Waals surface area (Å²) in [5.74, 6) is 0. The second-order valence-electron chi connectivity index (χ2n) is 1.30. The highest BCUT2D eigenvalue weighted by atomic mass is 32.1. The summed E-state index contributed by atoms with van der Waals surface area (Å²) in [5.41, 5.74) is -0.0664. The third kappa shape index (κ3) is 2.88. The molecule has 0 aliphatic rings. The Morgan fingerprint density at radius 2 is 2.43 bits per heavy atom. The Balaban J connectivity index is 3.34. The molecule has 0 saturated heterocycles. The summed E-state index contributed by atoms with van der Waals surface area (Å²) >= 11 is 3.59. The van der Waals surface area contributed by atoms with Crippen LogP contribution in [0.2, 0.25) is 5.54 Å².